The van der Waals surface area contributed by atoms with Crippen molar-refractivity contribution in [3.8, 4) is 11.5 Å². The number of carbonyl (C=O) groups excluding carboxylic acids is 1. The first-order valence-electron chi connectivity index (χ1n) is 8.39. The van der Waals surface area contributed by atoms with Crippen LogP contribution in [-0.4, -0.2) is 19.7 Å². The van der Waals surface area contributed by atoms with E-state index in [4.69, 9.17) is 14.2 Å². The molecule has 0 saturated heterocycles. The minimum atomic E-state index is -0.424. The van der Waals surface area contributed by atoms with Crippen molar-refractivity contribution in [2.75, 3.05) is 13.7 Å². The van der Waals surface area contributed by atoms with Gasteiger partial charge in [-0.1, -0.05) is 55.1 Å². The fraction of sp³-hybridized carbons (Fsp3) is 0.136. The Morgan fingerprint density at radius 1 is 1.15 bits per heavy atom. The Morgan fingerprint density at radius 3 is 2.70 bits per heavy atom. The van der Waals surface area contributed by atoms with Crippen molar-refractivity contribution in [2.24, 2.45) is 0 Å². The Labute approximate surface area is 171 Å². The molecule has 0 spiro atoms. The number of ether oxygens (including phenoxy) is 3. The molecule has 0 aliphatic carbocycles. The van der Waals surface area contributed by atoms with Gasteiger partial charge in [-0.15, -0.1) is 0 Å². The maximum absolute atomic E-state index is 12.1. The summed E-state index contributed by atoms with van der Waals surface area (Å²) < 4.78 is 17.4. The van der Waals surface area contributed by atoms with Gasteiger partial charge in [0.25, 0.3) is 0 Å². The summed E-state index contributed by atoms with van der Waals surface area (Å²) in [5, 5.41) is 2.32. The van der Waals surface area contributed by atoms with Crippen LogP contribution in [0, 0.1) is 3.57 Å². The average molecular weight is 474 g/mol. The molecule has 138 valence electrons. The zero-order chi connectivity index (χ0) is 19.2. The van der Waals surface area contributed by atoms with Crippen LogP contribution in [0.2, 0.25) is 0 Å². The molecule has 27 heavy (non-hydrogen) atoms. The van der Waals surface area contributed by atoms with E-state index in [-0.39, 0.29) is 6.61 Å². The molecular formula is C22H19IO4. The zero-order valence-corrected chi connectivity index (χ0v) is 17.1. The van der Waals surface area contributed by atoms with Crippen LogP contribution in [-0.2, 0) is 11.3 Å². The van der Waals surface area contributed by atoms with E-state index in [0.717, 1.165) is 14.5 Å². The van der Waals surface area contributed by atoms with Crippen LogP contribution in [0.25, 0.3) is 10.8 Å². The van der Waals surface area contributed by atoms with E-state index in [1.165, 1.54) is 11.5 Å². The Kier molecular flexibility index (Phi) is 6.34. The topological polar surface area (TPSA) is 44.8 Å². The highest BCUT2D eigenvalue weighted by molar-refractivity contribution is 14.1. The number of methoxy groups -OCH3 is 1. The third-order valence-corrected chi connectivity index (χ3v) is 4.85. The highest BCUT2D eigenvalue weighted by Crippen LogP contribution is 2.35. The largest absolute Gasteiger partial charge is 0.493 e. The average Bonchev–Trinajstić information content (AvgIpc) is 2.70. The smallest absolute Gasteiger partial charge is 0.338 e. The molecule has 3 rings (SSSR count). The minimum Gasteiger partial charge on any atom is -0.493 e. The zero-order valence-electron chi connectivity index (χ0n) is 14.9. The van der Waals surface area contributed by atoms with Gasteiger partial charge in [0, 0.05) is 0 Å². The molecule has 3 aromatic rings. The number of carbonyl (C=O) groups is 1. The van der Waals surface area contributed by atoms with Gasteiger partial charge >= 0.3 is 5.97 Å². The van der Waals surface area contributed by atoms with Crippen molar-refractivity contribution < 1.29 is 19.0 Å². The first-order valence-corrected chi connectivity index (χ1v) is 9.47. The lowest BCUT2D eigenvalue weighted by Gasteiger charge is -2.15. The molecule has 0 bridgehead atoms. The van der Waals surface area contributed by atoms with E-state index in [2.05, 4.69) is 47.4 Å². The molecule has 0 amide bonds. The molecular weight excluding hydrogens is 455 g/mol. The van der Waals surface area contributed by atoms with Crippen LogP contribution < -0.4 is 9.47 Å². The SMILES string of the molecule is C=CCOC(=O)c1cc(I)c(OCc2cccc3ccccc23)c(OC)c1. The first-order chi connectivity index (χ1) is 13.1. The monoisotopic (exact) mass is 474 g/mol. The molecule has 0 aliphatic heterocycles. The summed E-state index contributed by atoms with van der Waals surface area (Å²) >= 11 is 2.13. The lowest BCUT2D eigenvalue weighted by molar-refractivity contribution is 0.0549. The fourth-order valence-electron chi connectivity index (χ4n) is 2.76. The van der Waals surface area contributed by atoms with E-state index in [9.17, 15) is 4.79 Å². The summed E-state index contributed by atoms with van der Waals surface area (Å²) in [5.74, 6) is 0.672. The third-order valence-electron chi connectivity index (χ3n) is 4.05. The van der Waals surface area contributed by atoms with E-state index in [1.807, 2.05) is 24.3 Å². The lowest BCUT2D eigenvalue weighted by Crippen LogP contribution is -2.07. The van der Waals surface area contributed by atoms with Crippen molar-refractivity contribution in [1.29, 1.82) is 0 Å². The van der Waals surface area contributed by atoms with Gasteiger partial charge in [0.15, 0.2) is 11.5 Å². The summed E-state index contributed by atoms with van der Waals surface area (Å²) in [7, 11) is 1.55. The third kappa shape index (κ3) is 4.42. The Hall–Kier alpha value is -2.54. The quantitative estimate of drug-likeness (QED) is 0.262. The number of rotatable bonds is 7. The number of hydrogen-bond donors (Lipinski definition) is 0. The van der Waals surface area contributed by atoms with E-state index in [0.29, 0.717) is 23.7 Å². The summed E-state index contributed by atoms with van der Waals surface area (Å²) in [4.78, 5) is 12.1. The molecule has 3 aromatic carbocycles. The second-order valence-corrected chi connectivity index (χ2v) is 6.97. The number of halogens is 1. The number of benzene rings is 3. The molecule has 4 nitrogen and oxygen atoms in total. The van der Waals surface area contributed by atoms with Crippen LogP contribution in [0.15, 0.2) is 67.3 Å². The standard InChI is InChI=1S/C22H19IO4/c1-3-11-26-22(24)17-12-19(23)21(20(13-17)25-2)27-14-16-9-6-8-15-7-4-5-10-18(15)16/h3-10,12-13H,1,11,14H2,2H3. The highest BCUT2D eigenvalue weighted by atomic mass is 127. The summed E-state index contributed by atoms with van der Waals surface area (Å²) in [6, 6.07) is 17.7. The van der Waals surface area contributed by atoms with Crippen molar-refractivity contribution in [3.63, 3.8) is 0 Å². The summed E-state index contributed by atoms with van der Waals surface area (Å²) in [6.07, 6.45) is 1.53. The molecule has 0 N–H and O–H groups in total. The van der Waals surface area contributed by atoms with E-state index >= 15 is 0 Å². The number of fused-ring (bicyclic) bond motifs is 1. The van der Waals surface area contributed by atoms with Gasteiger partial charge in [-0.05, 0) is 51.1 Å². The molecule has 0 aromatic heterocycles. The second kappa shape index (κ2) is 8.90. The molecule has 0 saturated carbocycles. The van der Waals surface area contributed by atoms with Crippen molar-refractivity contribution in [3.05, 3.63) is 81.9 Å². The Bertz CT molecular complexity index is 976. The maximum atomic E-state index is 12.1. The molecule has 0 aliphatic rings. The number of esters is 1. The second-order valence-electron chi connectivity index (χ2n) is 5.80. The predicted octanol–water partition coefficient (Wildman–Crippen LogP) is 5.37. The van der Waals surface area contributed by atoms with Crippen LogP contribution in [0.1, 0.15) is 15.9 Å². The maximum Gasteiger partial charge on any atom is 0.338 e. The molecule has 0 unspecified atom stereocenters. The molecule has 0 radical (unpaired) electrons. The normalized spacial score (nSPS) is 10.4. The van der Waals surface area contributed by atoms with Crippen LogP contribution in [0.5, 0.6) is 11.5 Å². The Balaban J connectivity index is 1.86. The molecule has 0 atom stereocenters. The van der Waals surface area contributed by atoms with Gasteiger partial charge in [-0.25, -0.2) is 4.79 Å². The van der Waals surface area contributed by atoms with Crippen molar-refractivity contribution in [1.82, 2.24) is 0 Å². The summed E-state index contributed by atoms with van der Waals surface area (Å²) in [6.45, 7) is 4.10. The van der Waals surface area contributed by atoms with Crippen LogP contribution >= 0.6 is 22.6 Å². The van der Waals surface area contributed by atoms with Gasteiger partial charge < -0.3 is 14.2 Å². The first kappa shape index (κ1) is 19.2. The van der Waals surface area contributed by atoms with E-state index < -0.39 is 5.97 Å². The fourth-order valence-corrected chi connectivity index (χ4v) is 3.52. The minimum absolute atomic E-state index is 0.164. The lowest BCUT2D eigenvalue weighted by atomic mass is 10.1. The van der Waals surface area contributed by atoms with Crippen LogP contribution in [0.4, 0.5) is 0 Å². The molecule has 5 heteroatoms. The van der Waals surface area contributed by atoms with Crippen molar-refractivity contribution >= 4 is 39.3 Å². The Morgan fingerprint density at radius 2 is 1.93 bits per heavy atom. The van der Waals surface area contributed by atoms with Gasteiger partial charge in [0.05, 0.1) is 16.2 Å². The molecule has 0 heterocycles. The van der Waals surface area contributed by atoms with Crippen molar-refractivity contribution in [2.45, 2.75) is 6.61 Å². The van der Waals surface area contributed by atoms with Gasteiger partial charge in [-0.2, -0.15) is 0 Å². The van der Waals surface area contributed by atoms with Gasteiger partial charge in [-0.3, -0.25) is 0 Å². The number of hydrogen-bond acceptors (Lipinski definition) is 4. The summed E-state index contributed by atoms with van der Waals surface area (Å²) in [5.41, 5.74) is 1.50. The molecule has 0 fully saturated rings. The van der Waals surface area contributed by atoms with E-state index in [1.54, 1.807) is 19.2 Å². The predicted molar refractivity (Wildman–Crippen MR) is 114 cm³/mol. The van der Waals surface area contributed by atoms with Crippen LogP contribution in [0.3, 0.4) is 0 Å². The van der Waals surface area contributed by atoms with Gasteiger partial charge in [0.2, 0.25) is 0 Å². The van der Waals surface area contributed by atoms with Gasteiger partial charge in [0.1, 0.15) is 13.2 Å². The highest BCUT2D eigenvalue weighted by Gasteiger charge is 2.17.